The largest absolute Gasteiger partial charge is 0.497 e. The van der Waals surface area contributed by atoms with E-state index in [0.717, 1.165) is 58.8 Å². The van der Waals surface area contributed by atoms with Gasteiger partial charge in [-0.2, -0.15) is 0 Å². The lowest BCUT2D eigenvalue weighted by Crippen LogP contribution is -2.15. The van der Waals surface area contributed by atoms with Gasteiger partial charge in [0.25, 0.3) is 5.91 Å². The molecule has 1 aliphatic rings. The van der Waals surface area contributed by atoms with Crippen molar-refractivity contribution in [3.05, 3.63) is 69.1 Å². The van der Waals surface area contributed by atoms with Gasteiger partial charge in [-0.25, -0.2) is 4.99 Å². The molecular weight excluding hydrogens is 420 g/mol. The SMILES string of the molecule is COc1ccc(OC)c(/C=N/c2sc3c(c2C(=O)Nc2ccc(C)c(C)c2)CCCC3)c1. The Kier molecular flexibility index (Phi) is 6.61. The van der Waals surface area contributed by atoms with Crippen LogP contribution in [-0.2, 0) is 12.8 Å². The van der Waals surface area contributed by atoms with E-state index in [2.05, 4.69) is 19.2 Å². The summed E-state index contributed by atoms with van der Waals surface area (Å²) in [5.74, 6) is 1.33. The van der Waals surface area contributed by atoms with E-state index in [1.54, 1.807) is 31.8 Å². The van der Waals surface area contributed by atoms with Crippen LogP contribution >= 0.6 is 11.3 Å². The number of fused-ring (bicyclic) bond motifs is 1. The molecule has 32 heavy (non-hydrogen) atoms. The van der Waals surface area contributed by atoms with Crippen LogP contribution < -0.4 is 14.8 Å². The molecule has 0 bridgehead atoms. The molecule has 1 heterocycles. The Morgan fingerprint density at radius 1 is 1.03 bits per heavy atom. The van der Waals surface area contributed by atoms with E-state index in [0.29, 0.717) is 11.3 Å². The number of amides is 1. The first-order chi connectivity index (χ1) is 15.5. The normalized spacial score (nSPS) is 13.1. The first-order valence-corrected chi connectivity index (χ1v) is 11.6. The van der Waals surface area contributed by atoms with E-state index in [-0.39, 0.29) is 5.91 Å². The molecule has 1 amide bonds. The number of hydrogen-bond acceptors (Lipinski definition) is 5. The topological polar surface area (TPSA) is 59.9 Å². The third kappa shape index (κ3) is 4.55. The van der Waals surface area contributed by atoms with E-state index >= 15 is 0 Å². The predicted molar refractivity (Wildman–Crippen MR) is 132 cm³/mol. The van der Waals surface area contributed by atoms with Gasteiger partial charge < -0.3 is 14.8 Å². The van der Waals surface area contributed by atoms with Crippen molar-refractivity contribution in [2.75, 3.05) is 19.5 Å². The highest BCUT2D eigenvalue weighted by Gasteiger charge is 2.25. The van der Waals surface area contributed by atoms with Crippen molar-refractivity contribution >= 4 is 34.1 Å². The van der Waals surface area contributed by atoms with Gasteiger partial charge in [-0.1, -0.05) is 6.07 Å². The molecule has 0 spiro atoms. The van der Waals surface area contributed by atoms with Gasteiger partial charge in [-0.3, -0.25) is 4.79 Å². The average molecular weight is 449 g/mol. The van der Waals surface area contributed by atoms with Gasteiger partial charge in [-0.15, -0.1) is 11.3 Å². The number of benzene rings is 2. The van der Waals surface area contributed by atoms with Crippen molar-refractivity contribution in [1.82, 2.24) is 0 Å². The minimum atomic E-state index is -0.0996. The van der Waals surface area contributed by atoms with Crippen LogP contribution in [0.3, 0.4) is 0 Å². The van der Waals surface area contributed by atoms with E-state index in [1.165, 1.54) is 10.4 Å². The second-order valence-corrected chi connectivity index (χ2v) is 9.09. The van der Waals surface area contributed by atoms with Crippen LogP contribution in [-0.4, -0.2) is 26.3 Å². The highest BCUT2D eigenvalue weighted by atomic mass is 32.1. The molecule has 3 aromatic rings. The Labute approximate surface area is 193 Å². The van der Waals surface area contributed by atoms with Crippen molar-refractivity contribution in [3.8, 4) is 11.5 Å². The summed E-state index contributed by atoms with van der Waals surface area (Å²) in [6.45, 7) is 4.12. The summed E-state index contributed by atoms with van der Waals surface area (Å²) >= 11 is 1.62. The zero-order valence-corrected chi connectivity index (χ0v) is 19.8. The highest BCUT2D eigenvalue weighted by Crippen LogP contribution is 2.40. The van der Waals surface area contributed by atoms with Crippen LogP contribution in [0.25, 0.3) is 0 Å². The Hall–Kier alpha value is -3.12. The number of rotatable bonds is 6. The van der Waals surface area contributed by atoms with Gasteiger partial charge in [0.1, 0.15) is 16.5 Å². The van der Waals surface area contributed by atoms with Gasteiger partial charge in [-0.05, 0) is 86.6 Å². The lowest BCUT2D eigenvalue weighted by atomic mass is 9.95. The smallest absolute Gasteiger partial charge is 0.259 e. The van der Waals surface area contributed by atoms with Gasteiger partial charge >= 0.3 is 0 Å². The minimum Gasteiger partial charge on any atom is -0.497 e. The summed E-state index contributed by atoms with van der Waals surface area (Å²) in [4.78, 5) is 19.4. The molecule has 1 aliphatic carbocycles. The molecule has 1 N–H and O–H groups in total. The number of carbonyl (C=O) groups excluding carboxylic acids is 1. The highest BCUT2D eigenvalue weighted by molar-refractivity contribution is 7.16. The van der Waals surface area contributed by atoms with Gasteiger partial charge in [0.05, 0.1) is 19.8 Å². The fourth-order valence-electron chi connectivity index (χ4n) is 3.96. The number of aliphatic imine (C=N–C) groups is 1. The van der Waals surface area contributed by atoms with E-state index in [9.17, 15) is 4.79 Å². The summed E-state index contributed by atoms with van der Waals surface area (Å²) in [5.41, 5.74) is 5.80. The summed E-state index contributed by atoms with van der Waals surface area (Å²) in [5, 5.41) is 3.83. The number of anilines is 1. The number of carbonyl (C=O) groups is 1. The monoisotopic (exact) mass is 448 g/mol. The molecule has 0 aliphatic heterocycles. The molecule has 4 rings (SSSR count). The van der Waals surface area contributed by atoms with E-state index < -0.39 is 0 Å². The molecule has 0 saturated carbocycles. The lowest BCUT2D eigenvalue weighted by molar-refractivity contribution is 0.102. The molecular formula is C26H28N2O3S. The molecule has 0 atom stereocenters. The standard InChI is InChI=1S/C26H28N2O3S/c1-16-9-10-19(13-17(16)2)28-25(29)24-21-7-5-6-8-23(21)32-26(24)27-15-18-14-20(30-3)11-12-22(18)31-4/h9-15H,5-8H2,1-4H3,(H,28,29)/b27-15+. The second kappa shape index (κ2) is 9.57. The summed E-state index contributed by atoms with van der Waals surface area (Å²) in [6.07, 6.45) is 5.92. The van der Waals surface area contributed by atoms with E-state index in [4.69, 9.17) is 14.5 Å². The summed E-state index contributed by atoms with van der Waals surface area (Å²) in [6, 6.07) is 11.6. The van der Waals surface area contributed by atoms with Crippen molar-refractivity contribution < 1.29 is 14.3 Å². The zero-order valence-electron chi connectivity index (χ0n) is 19.0. The third-order valence-electron chi connectivity index (χ3n) is 5.90. The Morgan fingerprint density at radius 3 is 2.59 bits per heavy atom. The zero-order chi connectivity index (χ0) is 22.7. The van der Waals surface area contributed by atoms with Crippen LogP contribution in [0, 0.1) is 13.8 Å². The van der Waals surface area contributed by atoms with Gasteiger partial charge in [0.15, 0.2) is 0 Å². The molecule has 0 unspecified atom stereocenters. The lowest BCUT2D eigenvalue weighted by Gasteiger charge is -2.13. The van der Waals surface area contributed by atoms with Crippen molar-refractivity contribution in [3.63, 3.8) is 0 Å². The van der Waals surface area contributed by atoms with Crippen molar-refractivity contribution in [2.45, 2.75) is 39.5 Å². The third-order valence-corrected chi connectivity index (χ3v) is 7.10. The summed E-state index contributed by atoms with van der Waals surface area (Å²) in [7, 11) is 3.26. The number of nitrogens with zero attached hydrogens (tertiary/aromatic N) is 1. The predicted octanol–water partition coefficient (Wildman–Crippen LogP) is 6.26. The maximum atomic E-state index is 13.4. The molecule has 5 nitrogen and oxygen atoms in total. The van der Waals surface area contributed by atoms with Crippen LogP contribution in [0.15, 0.2) is 41.4 Å². The Balaban J connectivity index is 1.70. The maximum absolute atomic E-state index is 13.4. The van der Waals surface area contributed by atoms with E-state index in [1.807, 2.05) is 36.4 Å². The van der Waals surface area contributed by atoms with Crippen molar-refractivity contribution in [1.29, 1.82) is 0 Å². The van der Waals surface area contributed by atoms with Gasteiger partial charge in [0, 0.05) is 22.3 Å². The first-order valence-electron chi connectivity index (χ1n) is 10.8. The van der Waals surface area contributed by atoms with Crippen LogP contribution in [0.5, 0.6) is 11.5 Å². The van der Waals surface area contributed by atoms with Gasteiger partial charge in [0.2, 0.25) is 0 Å². The molecule has 2 aromatic carbocycles. The van der Waals surface area contributed by atoms with Crippen molar-refractivity contribution in [2.24, 2.45) is 4.99 Å². The number of hydrogen-bond donors (Lipinski definition) is 1. The number of nitrogens with one attached hydrogen (secondary N) is 1. The summed E-state index contributed by atoms with van der Waals surface area (Å²) < 4.78 is 10.8. The molecule has 0 fully saturated rings. The fourth-order valence-corrected chi connectivity index (χ4v) is 5.19. The molecule has 1 aromatic heterocycles. The number of thiophene rings is 1. The molecule has 0 saturated heterocycles. The number of aryl methyl sites for hydroxylation is 3. The molecule has 0 radical (unpaired) electrons. The average Bonchev–Trinajstić information content (AvgIpc) is 3.18. The molecule has 6 heteroatoms. The Morgan fingerprint density at radius 2 is 1.84 bits per heavy atom. The fraction of sp³-hybridized carbons (Fsp3) is 0.308. The van der Waals surface area contributed by atoms with Crippen LogP contribution in [0.1, 0.15) is 50.3 Å². The van der Waals surface area contributed by atoms with Crippen LogP contribution in [0.4, 0.5) is 10.7 Å². The van der Waals surface area contributed by atoms with Crippen LogP contribution in [0.2, 0.25) is 0 Å². The number of methoxy groups -OCH3 is 2. The second-order valence-electron chi connectivity index (χ2n) is 8.01. The Bertz CT molecular complexity index is 1180. The maximum Gasteiger partial charge on any atom is 0.259 e. The first kappa shape index (κ1) is 22.1. The minimum absolute atomic E-state index is 0.0996. The number of ether oxygens (including phenoxy) is 2. The molecule has 166 valence electrons. The quantitative estimate of drug-likeness (QED) is 0.453.